The molecule has 0 fully saturated rings. The Morgan fingerprint density at radius 2 is 1.95 bits per heavy atom. The van der Waals surface area contributed by atoms with Crippen LogP contribution < -0.4 is 16.0 Å². The molecule has 20 heavy (non-hydrogen) atoms. The van der Waals surface area contributed by atoms with Gasteiger partial charge < -0.3 is 14.2 Å². The lowest BCUT2D eigenvalue weighted by molar-refractivity contribution is -0.0399. The van der Waals surface area contributed by atoms with E-state index < -0.39 is 5.60 Å². The number of rotatable bonds is 9. The molecule has 1 atom stereocenters. The molecule has 1 rings (SSSR count). The van der Waals surface area contributed by atoms with Gasteiger partial charge in [0.1, 0.15) is 12.4 Å². The Bertz CT molecular complexity index is 396. The van der Waals surface area contributed by atoms with E-state index in [9.17, 15) is 0 Å². The van der Waals surface area contributed by atoms with Crippen LogP contribution in [-0.4, -0.2) is 32.5 Å². The fraction of sp³-hybridized carbons (Fsp3) is 0.600. The van der Waals surface area contributed by atoms with Crippen molar-refractivity contribution in [1.29, 1.82) is 0 Å². The summed E-state index contributed by atoms with van der Waals surface area (Å²) >= 11 is 0. The minimum Gasteiger partial charge on any atom is -0.491 e. The molecular weight excluding hydrogens is 256 g/mol. The van der Waals surface area contributed by atoms with Gasteiger partial charge >= 0.3 is 0 Å². The number of hydrazine groups is 1. The summed E-state index contributed by atoms with van der Waals surface area (Å²) in [6.45, 7) is 7.65. The molecule has 0 saturated carbocycles. The average Bonchev–Trinajstić information content (AvgIpc) is 2.41. The molecule has 0 amide bonds. The summed E-state index contributed by atoms with van der Waals surface area (Å²) in [6, 6.07) is 7.66. The molecule has 0 heterocycles. The third kappa shape index (κ3) is 4.45. The second kappa shape index (κ2) is 8.21. The first-order valence-electron chi connectivity index (χ1n) is 6.87. The predicted octanol–water partition coefficient (Wildman–Crippen LogP) is 2.03. The Morgan fingerprint density at radius 3 is 2.55 bits per heavy atom. The van der Waals surface area contributed by atoms with Gasteiger partial charge in [-0.05, 0) is 26.8 Å². The smallest absolute Gasteiger partial charge is 0.124 e. The first-order valence-corrected chi connectivity index (χ1v) is 6.87. The van der Waals surface area contributed by atoms with Crippen molar-refractivity contribution in [2.75, 3.05) is 26.9 Å². The number of nitrogens with one attached hydrogen (secondary N) is 1. The minimum absolute atomic E-state index is 0.166. The van der Waals surface area contributed by atoms with Gasteiger partial charge in [0.25, 0.3) is 0 Å². The fourth-order valence-corrected chi connectivity index (χ4v) is 2.21. The van der Waals surface area contributed by atoms with Crippen molar-refractivity contribution in [3.8, 4) is 5.75 Å². The summed E-state index contributed by atoms with van der Waals surface area (Å²) in [6.07, 6.45) is 0. The third-order valence-electron chi connectivity index (χ3n) is 3.15. The largest absolute Gasteiger partial charge is 0.491 e. The molecule has 3 N–H and O–H groups in total. The maximum Gasteiger partial charge on any atom is 0.124 e. The number of hydrogen-bond acceptors (Lipinski definition) is 5. The van der Waals surface area contributed by atoms with Gasteiger partial charge in [-0.3, -0.25) is 5.84 Å². The highest BCUT2D eigenvalue weighted by atomic mass is 16.5. The molecule has 0 radical (unpaired) electrons. The highest BCUT2D eigenvalue weighted by Gasteiger charge is 2.32. The van der Waals surface area contributed by atoms with Gasteiger partial charge in [-0.1, -0.05) is 18.2 Å². The Hall–Kier alpha value is -1.14. The van der Waals surface area contributed by atoms with Crippen LogP contribution in [0.4, 0.5) is 0 Å². The number of methoxy groups -OCH3 is 1. The molecule has 0 aliphatic carbocycles. The fourth-order valence-electron chi connectivity index (χ4n) is 2.21. The van der Waals surface area contributed by atoms with E-state index in [4.69, 9.17) is 20.1 Å². The number of benzene rings is 1. The molecule has 0 spiro atoms. The molecule has 0 bridgehead atoms. The number of para-hydroxylation sites is 1. The molecular formula is C15H26N2O3. The van der Waals surface area contributed by atoms with E-state index in [2.05, 4.69) is 5.43 Å². The molecule has 114 valence electrons. The molecule has 1 aromatic carbocycles. The van der Waals surface area contributed by atoms with Crippen molar-refractivity contribution in [1.82, 2.24) is 5.43 Å². The zero-order chi connectivity index (χ0) is 15.0. The van der Waals surface area contributed by atoms with Crippen molar-refractivity contribution >= 4 is 0 Å². The summed E-state index contributed by atoms with van der Waals surface area (Å²) in [7, 11) is 1.65. The van der Waals surface area contributed by atoms with Crippen molar-refractivity contribution in [2.45, 2.75) is 32.4 Å². The SMILES string of the molecule is CCOC(C)(C)C(NN)c1ccccc1OCCOC. The van der Waals surface area contributed by atoms with Crippen molar-refractivity contribution < 1.29 is 14.2 Å². The van der Waals surface area contributed by atoms with Crippen molar-refractivity contribution in [2.24, 2.45) is 5.84 Å². The van der Waals surface area contributed by atoms with Crippen LogP contribution in [0.25, 0.3) is 0 Å². The van der Waals surface area contributed by atoms with Gasteiger partial charge in [0.2, 0.25) is 0 Å². The summed E-state index contributed by atoms with van der Waals surface area (Å²) < 4.78 is 16.6. The van der Waals surface area contributed by atoms with Crippen molar-refractivity contribution in [3.63, 3.8) is 0 Å². The zero-order valence-electron chi connectivity index (χ0n) is 12.8. The monoisotopic (exact) mass is 282 g/mol. The van der Waals surface area contributed by atoms with Crippen LogP contribution >= 0.6 is 0 Å². The van der Waals surface area contributed by atoms with Crippen LogP contribution in [0, 0.1) is 0 Å². The number of nitrogens with two attached hydrogens (primary N) is 1. The molecule has 5 heteroatoms. The average molecular weight is 282 g/mol. The second-order valence-electron chi connectivity index (χ2n) is 5.02. The molecule has 0 aliphatic rings. The van der Waals surface area contributed by atoms with Crippen LogP contribution in [0.15, 0.2) is 24.3 Å². The molecule has 0 saturated heterocycles. The maximum atomic E-state index is 5.79. The molecule has 5 nitrogen and oxygen atoms in total. The topological polar surface area (TPSA) is 65.7 Å². The van der Waals surface area contributed by atoms with Crippen LogP contribution in [0.3, 0.4) is 0 Å². The molecule has 0 aromatic heterocycles. The highest BCUT2D eigenvalue weighted by molar-refractivity contribution is 5.37. The van der Waals surface area contributed by atoms with Crippen LogP contribution in [0.5, 0.6) is 5.75 Å². The van der Waals surface area contributed by atoms with E-state index in [0.29, 0.717) is 19.8 Å². The van der Waals surface area contributed by atoms with Gasteiger partial charge in [0.05, 0.1) is 18.2 Å². The van der Waals surface area contributed by atoms with E-state index in [1.807, 2.05) is 45.0 Å². The second-order valence-corrected chi connectivity index (χ2v) is 5.02. The lowest BCUT2D eigenvalue weighted by Crippen LogP contribution is -2.44. The van der Waals surface area contributed by atoms with Crippen LogP contribution in [0.2, 0.25) is 0 Å². The predicted molar refractivity (Wildman–Crippen MR) is 79.6 cm³/mol. The minimum atomic E-state index is -0.440. The van der Waals surface area contributed by atoms with Crippen LogP contribution in [-0.2, 0) is 9.47 Å². The normalized spacial score (nSPS) is 13.2. The van der Waals surface area contributed by atoms with Gasteiger partial charge in [-0.15, -0.1) is 0 Å². The zero-order valence-corrected chi connectivity index (χ0v) is 12.8. The van der Waals surface area contributed by atoms with Gasteiger partial charge in [0, 0.05) is 19.3 Å². The van der Waals surface area contributed by atoms with Crippen LogP contribution in [0.1, 0.15) is 32.4 Å². The quantitative estimate of drug-likeness (QED) is 0.412. The first kappa shape index (κ1) is 16.9. The molecule has 1 aromatic rings. The standard InChI is InChI=1S/C15H26N2O3/c1-5-20-15(2,3)14(17-16)12-8-6-7-9-13(12)19-11-10-18-4/h6-9,14,17H,5,10-11,16H2,1-4H3. The Balaban J connectivity index is 2.96. The van der Waals surface area contributed by atoms with Gasteiger partial charge in [-0.2, -0.15) is 0 Å². The van der Waals surface area contributed by atoms with Gasteiger partial charge in [0.15, 0.2) is 0 Å². The van der Waals surface area contributed by atoms with E-state index in [1.165, 1.54) is 0 Å². The van der Waals surface area contributed by atoms with E-state index in [1.54, 1.807) is 7.11 Å². The Labute approximate surface area is 121 Å². The highest BCUT2D eigenvalue weighted by Crippen LogP contribution is 2.33. The van der Waals surface area contributed by atoms with E-state index >= 15 is 0 Å². The summed E-state index contributed by atoms with van der Waals surface area (Å²) in [5.41, 5.74) is 3.37. The Kier molecular flexibility index (Phi) is 6.95. The third-order valence-corrected chi connectivity index (χ3v) is 3.15. The number of ether oxygens (including phenoxy) is 3. The summed E-state index contributed by atoms with van der Waals surface area (Å²) in [5, 5.41) is 0. The maximum absolute atomic E-state index is 5.79. The summed E-state index contributed by atoms with van der Waals surface area (Å²) in [5.74, 6) is 6.53. The lowest BCUT2D eigenvalue weighted by Gasteiger charge is -2.34. The Morgan fingerprint density at radius 1 is 1.25 bits per heavy atom. The van der Waals surface area contributed by atoms with Crippen molar-refractivity contribution in [3.05, 3.63) is 29.8 Å². The lowest BCUT2D eigenvalue weighted by atomic mass is 9.91. The van der Waals surface area contributed by atoms with E-state index in [0.717, 1.165) is 11.3 Å². The molecule has 0 aliphatic heterocycles. The van der Waals surface area contributed by atoms with E-state index in [-0.39, 0.29) is 6.04 Å². The molecule has 1 unspecified atom stereocenters. The summed E-state index contributed by atoms with van der Waals surface area (Å²) in [4.78, 5) is 0. The van der Waals surface area contributed by atoms with Gasteiger partial charge in [-0.25, -0.2) is 5.43 Å². The first-order chi connectivity index (χ1) is 9.56. The number of hydrogen-bond donors (Lipinski definition) is 2.